The molecule has 1 N–H and O–H groups in total. The van der Waals surface area contributed by atoms with Crippen molar-refractivity contribution in [2.75, 3.05) is 0 Å². The fourth-order valence-electron chi connectivity index (χ4n) is 0.522. The van der Waals surface area contributed by atoms with Crippen LogP contribution in [-0.2, 0) is 0 Å². The largest absolute Gasteiger partial charge is 0.433 e. The van der Waals surface area contributed by atoms with E-state index in [1.165, 1.54) is 0 Å². The average Bonchev–Trinajstić information content (AvgIpc) is 2.13. The summed E-state index contributed by atoms with van der Waals surface area (Å²) in [6.07, 6.45) is 0. The highest BCUT2D eigenvalue weighted by Crippen LogP contribution is 2.13. The summed E-state index contributed by atoms with van der Waals surface area (Å²) in [5.74, 6) is -0.262. The number of H-pyrrole nitrogens is 1. The van der Waals surface area contributed by atoms with E-state index in [1.807, 2.05) is 0 Å². The average molecular weight is 159 g/mol. The first kappa shape index (κ1) is 7.07. The maximum atomic E-state index is 10.0. The number of imidazole rings is 1. The second-order valence-corrected chi connectivity index (χ2v) is 2.19. The Kier molecular flexibility index (Phi) is 1.62. The number of aromatic amines is 1. The third-order valence-corrected chi connectivity index (χ3v) is 1.45. The predicted molar refractivity (Wildman–Crippen MR) is 37.2 cm³/mol. The molecular formula is C4H5N3O2S. The summed E-state index contributed by atoms with van der Waals surface area (Å²) in [5, 5.41) is 10.4. The molecular weight excluding hydrogens is 154 g/mol. The lowest BCUT2D eigenvalue weighted by molar-refractivity contribution is -0.394. The maximum absolute atomic E-state index is 10.0. The topological polar surface area (TPSA) is 71.8 Å². The maximum Gasteiger partial charge on any atom is 0.433 e. The SMILES string of the molecule is Cc1[nH]c([N+](=O)[O-])nc1S. The van der Waals surface area contributed by atoms with Gasteiger partial charge in [0.2, 0.25) is 5.03 Å². The lowest BCUT2D eigenvalue weighted by Gasteiger charge is -1.84. The first-order valence-corrected chi connectivity index (χ1v) is 2.96. The van der Waals surface area contributed by atoms with Gasteiger partial charge in [-0.25, -0.2) is 4.98 Å². The molecule has 0 aliphatic heterocycles. The van der Waals surface area contributed by atoms with Crippen LogP contribution in [0.25, 0.3) is 0 Å². The summed E-state index contributed by atoms with van der Waals surface area (Å²) < 4.78 is 0. The lowest BCUT2D eigenvalue weighted by Crippen LogP contribution is -1.88. The van der Waals surface area contributed by atoms with E-state index in [4.69, 9.17) is 0 Å². The number of hydrogen-bond donors (Lipinski definition) is 2. The van der Waals surface area contributed by atoms with Crippen LogP contribution in [0.2, 0.25) is 0 Å². The number of rotatable bonds is 1. The van der Waals surface area contributed by atoms with Crippen LogP contribution in [0.4, 0.5) is 5.95 Å². The van der Waals surface area contributed by atoms with E-state index in [1.54, 1.807) is 6.92 Å². The molecule has 0 amide bonds. The summed E-state index contributed by atoms with van der Waals surface area (Å²) in [5.41, 5.74) is 0.607. The Morgan fingerprint density at radius 2 is 2.40 bits per heavy atom. The summed E-state index contributed by atoms with van der Waals surface area (Å²) >= 11 is 3.87. The van der Waals surface area contributed by atoms with E-state index in [-0.39, 0.29) is 5.95 Å². The van der Waals surface area contributed by atoms with Gasteiger partial charge in [0.25, 0.3) is 0 Å². The van der Waals surface area contributed by atoms with Gasteiger partial charge in [-0.1, -0.05) is 4.98 Å². The van der Waals surface area contributed by atoms with Crippen LogP contribution < -0.4 is 0 Å². The summed E-state index contributed by atoms with van der Waals surface area (Å²) in [6.45, 7) is 1.67. The van der Waals surface area contributed by atoms with E-state index in [0.717, 1.165) is 0 Å². The van der Waals surface area contributed by atoms with Gasteiger partial charge in [-0.05, 0) is 11.8 Å². The molecule has 0 radical (unpaired) electrons. The van der Waals surface area contributed by atoms with E-state index in [9.17, 15) is 10.1 Å². The second kappa shape index (κ2) is 2.30. The minimum Gasteiger partial charge on any atom is -0.390 e. The summed E-state index contributed by atoms with van der Waals surface area (Å²) in [6, 6.07) is 0. The van der Waals surface area contributed by atoms with E-state index in [0.29, 0.717) is 10.7 Å². The van der Waals surface area contributed by atoms with Gasteiger partial charge in [-0.15, -0.1) is 12.6 Å². The van der Waals surface area contributed by atoms with Crippen molar-refractivity contribution in [2.24, 2.45) is 0 Å². The molecule has 0 saturated carbocycles. The number of nitrogens with one attached hydrogen (secondary N) is 1. The molecule has 0 atom stereocenters. The quantitative estimate of drug-likeness (QED) is 0.363. The third-order valence-electron chi connectivity index (χ3n) is 1.02. The van der Waals surface area contributed by atoms with Crippen LogP contribution in [0.3, 0.4) is 0 Å². The van der Waals surface area contributed by atoms with Crippen LogP contribution in [0.1, 0.15) is 5.69 Å². The lowest BCUT2D eigenvalue weighted by atomic mass is 10.6. The Morgan fingerprint density at radius 1 is 1.80 bits per heavy atom. The second-order valence-electron chi connectivity index (χ2n) is 1.77. The van der Waals surface area contributed by atoms with Gasteiger partial charge in [0.05, 0.1) is 0 Å². The number of hydrogen-bond acceptors (Lipinski definition) is 4. The van der Waals surface area contributed by atoms with Gasteiger partial charge < -0.3 is 10.1 Å². The number of aromatic nitrogens is 2. The molecule has 54 valence electrons. The fraction of sp³-hybridized carbons (Fsp3) is 0.250. The van der Waals surface area contributed by atoms with Gasteiger partial charge in [-0.2, -0.15) is 0 Å². The molecule has 0 aliphatic rings. The van der Waals surface area contributed by atoms with Crippen molar-refractivity contribution in [2.45, 2.75) is 11.9 Å². The zero-order valence-corrected chi connectivity index (χ0v) is 6.05. The zero-order chi connectivity index (χ0) is 7.72. The van der Waals surface area contributed by atoms with Gasteiger partial charge in [0.15, 0.2) is 0 Å². The van der Waals surface area contributed by atoms with Crippen LogP contribution in [0, 0.1) is 17.0 Å². The van der Waals surface area contributed by atoms with Crippen molar-refractivity contribution in [1.29, 1.82) is 0 Å². The monoisotopic (exact) mass is 159 g/mol. The van der Waals surface area contributed by atoms with Crippen molar-refractivity contribution >= 4 is 18.6 Å². The fourth-order valence-corrected chi connectivity index (χ4v) is 0.673. The Morgan fingerprint density at radius 3 is 2.60 bits per heavy atom. The van der Waals surface area contributed by atoms with Gasteiger partial charge in [0, 0.05) is 0 Å². The van der Waals surface area contributed by atoms with E-state index in [2.05, 4.69) is 22.6 Å². The molecule has 0 fully saturated rings. The first-order chi connectivity index (χ1) is 4.61. The Hall–Kier alpha value is -1.04. The standard InChI is InChI=1S/C4H5N3O2S/c1-2-3(10)6-4(5-2)7(8)9/h10H,1H3,(H,5,6). The van der Waals surface area contributed by atoms with Crippen molar-refractivity contribution in [3.05, 3.63) is 15.8 Å². The van der Waals surface area contributed by atoms with Crippen LogP contribution in [-0.4, -0.2) is 14.9 Å². The van der Waals surface area contributed by atoms with Crippen molar-refractivity contribution < 1.29 is 4.92 Å². The highest BCUT2D eigenvalue weighted by molar-refractivity contribution is 7.80. The van der Waals surface area contributed by atoms with Crippen molar-refractivity contribution in [3.63, 3.8) is 0 Å². The molecule has 0 bridgehead atoms. The predicted octanol–water partition coefficient (Wildman–Crippen LogP) is 0.915. The number of nitrogens with zero attached hydrogens (tertiary/aromatic N) is 2. The van der Waals surface area contributed by atoms with Gasteiger partial charge in [0.1, 0.15) is 5.69 Å². The molecule has 1 rings (SSSR count). The van der Waals surface area contributed by atoms with E-state index < -0.39 is 4.92 Å². The molecule has 1 aromatic heterocycles. The molecule has 10 heavy (non-hydrogen) atoms. The molecule has 0 aliphatic carbocycles. The van der Waals surface area contributed by atoms with Crippen LogP contribution in [0.5, 0.6) is 0 Å². The van der Waals surface area contributed by atoms with Crippen LogP contribution in [0.15, 0.2) is 5.03 Å². The van der Waals surface area contributed by atoms with Crippen LogP contribution >= 0.6 is 12.6 Å². The zero-order valence-electron chi connectivity index (χ0n) is 5.16. The van der Waals surface area contributed by atoms with E-state index >= 15 is 0 Å². The number of nitro groups is 1. The highest BCUT2D eigenvalue weighted by Gasteiger charge is 2.12. The molecule has 1 aromatic rings. The summed E-state index contributed by atoms with van der Waals surface area (Å²) in [4.78, 5) is 15.4. The van der Waals surface area contributed by atoms with Gasteiger partial charge >= 0.3 is 5.95 Å². The highest BCUT2D eigenvalue weighted by atomic mass is 32.1. The van der Waals surface area contributed by atoms with Crippen molar-refractivity contribution in [3.8, 4) is 0 Å². The Labute approximate surface area is 62.0 Å². The molecule has 1 heterocycles. The number of thiol groups is 1. The Balaban J connectivity index is 3.10. The minimum atomic E-state index is -0.591. The minimum absolute atomic E-state index is 0.262. The van der Waals surface area contributed by atoms with Gasteiger partial charge in [-0.3, -0.25) is 0 Å². The third kappa shape index (κ3) is 1.10. The molecule has 5 nitrogen and oxygen atoms in total. The smallest absolute Gasteiger partial charge is 0.390 e. The first-order valence-electron chi connectivity index (χ1n) is 2.51. The molecule has 0 saturated heterocycles. The summed E-state index contributed by atoms with van der Waals surface area (Å²) in [7, 11) is 0. The van der Waals surface area contributed by atoms with Crippen molar-refractivity contribution in [1.82, 2.24) is 9.97 Å². The normalized spacial score (nSPS) is 9.80. The molecule has 6 heteroatoms. The number of aryl methyl sites for hydroxylation is 1. The molecule has 0 unspecified atom stereocenters. The molecule has 0 aromatic carbocycles. The Bertz CT molecular complexity index is 250. The molecule has 0 spiro atoms.